The standard InChI is InChI=1S/C20H26O7Se/c1-20(2,3)19(23)25-10-12-15-13(14(21)18(24-4)26-12)16(17(22)27-15)28-11-8-6-5-7-9-11/h5-9,12-15,18,21-22H,10H2,1-4H3/t12-,13-,14-,15-,18+/m1/s1. The monoisotopic (exact) mass is 458 g/mol. The van der Waals surface area contributed by atoms with Crippen LogP contribution in [0.5, 0.6) is 0 Å². The average Bonchev–Trinajstić information content (AvgIpc) is 2.98. The summed E-state index contributed by atoms with van der Waals surface area (Å²) in [7, 11) is 1.44. The van der Waals surface area contributed by atoms with Crippen LogP contribution in [0.25, 0.3) is 0 Å². The number of aliphatic hydroxyl groups is 2. The molecule has 1 aromatic rings. The molecule has 0 aliphatic carbocycles. The van der Waals surface area contributed by atoms with Crippen LogP contribution in [0.2, 0.25) is 0 Å². The molecule has 0 unspecified atom stereocenters. The third kappa shape index (κ3) is 4.36. The van der Waals surface area contributed by atoms with Crippen LogP contribution in [0.3, 0.4) is 0 Å². The van der Waals surface area contributed by atoms with Gasteiger partial charge in [-0.2, -0.15) is 0 Å². The first kappa shape index (κ1) is 21.1. The topological polar surface area (TPSA) is 94.5 Å². The Morgan fingerprint density at radius 3 is 2.54 bits per heavy atom. The van der Waals surface area contributed by atoms with Gasteiger partial charge in [0, 0.05) is 0 Å². The summed E-state index contributed by atoms with van der Waals surface area (Å²) in [5.41, 5.74) is -0.646. The molecule has 2 heterocycles. The fourth-order valence-electron chi connectivity index (χ4n) is 3.14. The van der Waals surface area contributed by atoms with Crippen LogP contribution in [-0.4, -0.2) is 69.5 Å². The number of carbonyl (C=O) groups is 1. The molecule has 8 heteroatoms. The van der Waals surface area contributed by atoms with Crippen molar-refractivity contribution in [1.82, 2.24) is 0 Å². The van der Waals surface area contributed by atoms with Crippen molar-refractivity contribution in [2.45, 2.75) is 45.4 Å². The molecule has 2 aliphatic heterocycles. The molecule has 5 atom stereocenters. The molecule has 3 rings (SSSR count). The van der Waals surface area contributed by atoms with E-state index in [-0.39, 0.29) is 33.5 Å². The number of carbonyl (C=O) groups excluding carboxylic acids is 1. The van der Waals surface area contributed by atoms with Crippen LogP contribution in [-0.2, 0) is 23.7 Å². The van der Waals surface area contributed by atoms with Crippen LogP contribution in [0.15, 0.2) is 40.7 Å². The second-order valence-electron chi connectivity index (χ2n) is 7.81. The van der Waals surface area contributed by atoms with Crippen LogP contribution in [0.4, 0.5) is 0 Å². The van der Waals surface area contributed by atoms with E-state index in [2.05, 4.69) is 0 Å². The van der Waals surface area contributed by atoms with Crippen LogP contribution < -0.4 is 4.46 Å². The summed E-state index contributed by atoms with van der Waals surface area (Å²) in [5, 5.41) is 21.2. The number of hydrogen-bond donors (Lipinski definition) is 2. The molecular weight excluding hydrogens is 431 g/mol. The molecule has 0 spiro atoms. The molecule has 154 valence electrons. The molecule has 28 heavy (non-hydrogen) atoms. The van der Waals surface area contributed by atoms with Crippen molar-refractivity contribution >= 4 is 25.4 Å². The fourth-order valence-corrected chi connectivity index (χ4v) is 5.43. The van der Waals surface area contributed by atoms with Crippen LogP contribution in [0, 0.1) is 11.3 Å². The summed E-state index contributed by atoms with van der Waals surface area (Å²) in [5.74, 6) is -1.06. The van der Waals surface area contributed by atoms with Gasteiger partial charge in [-0.1, -0.05) is 0 Å². The third-order valence-corrected chi connectivity index (χ3v) is 7.10. The molecule has 0 saturated carbocycles. The minimum atomic E-state index is -1.00. The average molecular weight is 457 g/mol. The molecular formula is C20H26O7Se. The molecule has 1 saturated heterocycles. The number of ether oxygens (including phenoxy) is 4. The number of aliphatic hydroxyl groups excluding tert-OH is 2. The predicted octanol–water partition coefficient (Wildman–Crippen LogP) is 1.08. The molecule has 7 nitrogen and oxygen atoms in total. The number of methoxy groups -OCH3 is 1. The molecule has 2 N–H and O–H groups in total. The molecule has 0 bridgehead atoms. The normalized spacial score (nSPS) is 30.0. The second-order valence-corrected chi connectivity index (χ2v) is 10.2. The van der Waals surface area contributed by atoms with Gasteiger partial charge in [-0.15, -0.1) is 0 Å². The summed E-state index contributed by atoms with van der Waals surface area (Å²) >= 11 is -0.242. The zero-order valence-electron chi connectivity index (χ0n) is 16.3. The van der Waals surface area contributed by atoms with Gasteiger partial charge in [0.15, 0.2) is 0 Å². The Bertz CT molecular complexity index is 728. The van der Waals surface area contributed by atoms with Gasteiger partial charge < -0.3 is 0 Å². The number of esters is 1. The summed E-state index contributed by atoms with van der Waals surface area (Å²) in [6, 6.07) is 9.71. The Labute approximate surface area is 170 Å². The van der Waals surface area contributed by atoms with Crippen molar-refractivity contribution in [2.24, 2.45) is 11.3 Å². The Morgan fingerprint density at radius 1 is 1.25 bits per heavy atom. The third-order valence-electron chi connectivity index (χ3n) is 4.63. The van der Waals surface area contributed by atoms with Crippen molar-refractivity contribution in [3.8, 4) is 0 Å². The van der Waals surface area contributed by atoms with Gasteiger partial charge in [-0.25, -0.2) is 0 Å². The van der Waals surface area contributed by atoms with E-state index < -0.39 is 35.9 Å². The Hall–Kier alpha value is -1.57. The summed E-state index contributed by atoms with van der Waals surface area (Å²) in [6.07, 6.45) is -3.24. The number of benzene rings is 1. The van der Waals surface area contributed by atoms with E-state index in [1.54, 1.807) is 20.8 Å². The van der Waals surface area contributed by atoms with Crippen molar-refractivity contribution < 1.29 is 34.0 Å². The first-order chi connectivity index (χ1) is 13.2. The van der Waals surface area contributed by atoms with Gasteiger partial charge in [0.25, 0.3) is 0 Å². The Kier molecular flexibility index (Phi) is 6.37. The number of fused-ring (bicyclic) bond motifs is 1. The number of rotatable bonds is 5. The maximum absolute atomic E-state index is 12.1. The summed E-state index contributed by atoms with van der Waals surface area (Å²) in [6.45, 7) is 5.24. The predicted molar refractivity (Wildman–Crippen MR) is 102 cm³/mol. The molecule has 0 radical (unpaired) electrons. The van der Waals surface area contributed by atoms with Gasteiger partial charge in [0.2, 0.25) is 0 Å². The Balaban J connectivity index is 1.79. The first-order valence-corrected chi connectivity index (χ1v) is 10.8. The number of hydrogen-bond acceptors (Lipinski definition) is 7. The SMILES string of the molecule is CO[C@H]1O[C@H](COC(=O)C(C)(C)C)[C@H]2OC(O)=C([Se]c3ccccc3)[C@@H]2[C@H]1O. The first-order valence-electron chi connectivity index (χ1n) is 9.08. The zero-order chi connectivity index (χ0) is 20.5. The fraction of sp³-hybridized carbons (Fsp3) is 0.550. The van der Waals surface area contributed by atoms with Gasteiger partial charge in [0.1, 0.15) is 0 Å². The van der Waals surface area contributed by atoms with Crippen molar-refractivity contribution in [1.29, 1.82) is 0 Å². The second kappa shape index (κ2) is 8.43. The molecule has 0 aromatic heterocycles. The maximum atomic E-state index is 12.1. The zero-order valence-corrected chi connectivity index (χ0v) is 18.0. The minimum absolute atomic E-state index is 0.0528. The summed E-state index contributed by atoms with van der Waals surface area (Å²) < 4.78 is 23.8. The van der Waals surface area contributed by atoms with Gasteiger partial charge in [-0.3, -0.25) is 0 Å². The molecule has 0 amide bonds. The molecule has 2 aliphatic rings. The van der Waals surface area contributed by atoms with Crippen LogP contribution >= 0.6 is 0 Å². The molecule has 1 aromatic carbocycles. The van der Waals surface area contributed by atoms with E-state index in [0.29, 0.717) is 4.47 Å². The van der Waals surface area contributed by atoms with Gasteiger partial charge in [0.05, 0.1) is 0 Å². The van der Waals surface area contributed by atoms with E-state index in [0.717, 1.165) is 4.46 Å². The van der Waals surface area contributed by atoms with E-state index in [1.165, 1.54) is 7.11 Å². The molecule has 1 fully saturated rings. The van der Waals surface area contributed by atoms with Crippen molar-refractivity contribution in [3.05, 3.63) is 40.7 Å². The van der Waals surface area contributed by atoms with E-state index >= 15 is 0 Å². The van der Waals surface area contributed by atoms with Crippen molar-refractivity contribution in [2.75, 3.05) is 13.7 Å². The Morgan fingerprint density at radius 2 is 1.93 bits per heavy atom. The van der Waals surface area contributed by atoms with E-state index in [1.807, 2.05) is 30.3 Å². The van der Waals surface area contributed by atoms with E-state index in [9.17, 15) is 15.0 Å². The summed E-state index contributed by atoms with van der Waals surface area (Å²) in [4.78, 5) is 12.1. The quantitative estimate of drug-likeness (QED) is 0.505. The van der Waals surface area contributed by atoms with E-state index in [4.69, 9.17) is 18.9 Å². The van der Waals surface area contributed by atoms with Crippen molar-refractivity contribution in [3.63, 3.8) is 0 Å². The van der Waals surface area contributed by atoms with Crippen LogP contribution in [0.1, 0.15) is 20.8 Å². The van der Waals surface area contributed by atoms with Gasteiger partial charge in [-0.05, 0) is 0 Å². The van der Waals surface area contributed by atoms with Gasteiger partial charge >= 0.3 is 171 Å².